The summed E-state index contributed by atoms with van der Waals surface area (Å²) in [5.41, 5.74) is 0.800. The molecule has 26 heavy (non-hydrogen) atoms. The topological polar surface area (TPSA) is 84.9 Å². The van der Waals surface area contributed by atoms with Crippen molar-refractivity contribution in [2.45, 2.75) is 51.6 Å². The van der Waals surface area contributed by atoms with Crippen molar-refractivity contribution in [2.75, 3.05) is 12.4 Å². The lowest BCUT2D eigenvalue weighted by atomic mass is 10.1. The van der Waals surface area contributed by atoms with E-state index < -0.39 is 22.2 Å². The van der Waals surface area contributed by atoms with Crippen molar-refractivity contribution in [1.82, 2.24) is 0 Å². The Morgan fingerprint density at radius 1 is 1.27 bits per heavy atom. The Balaban J connectivity index is 2.26. The Kier molecular flexibility index (Phi) is 9.13. The molecule has 1 aromatic rings. The quantitative estimate of drug-likeness (QED) is 0.180. The van der Waals surface area contributed by atoms with E-state index in [0.29, 0.717) is 5.75 Å². The highest BCUT2D eigenvalue weighted by molar-refractivity contribution is 14.1. The van der Waals surface area contributed by atoms with E-state index >= 15 is 0 Å². The molecule has 6 nitrogen and oxygen atoms in total. The first kappa shape index (κ1) is 23.3. The van der Waals surface area contributed by atoms with Crippen LogP contribution in [0.1, 0.15) is 45.0 Å². The van der Waals surface area contributed by atoms with Crippen LogP contribution in [0.3, 0.4) is 0 Å². The number of hydrogen-bond donors (Lipinski definition) is 0. The third-order valence-corrected chi connectivity index (χ3v) is 9.76. The monoisotopic (exact) mass is 721 g/mol. The van der Waals surface area contributed by atoms with Gasteiger partial charge < -0.3 is 18.8 Å². The molecular weight excluding hydrogens is 701 g/mol. The molecule has 0 aliphatic carbocycles. The Labute approximate surface area is 195 Å². The molecule has 2 rings (SSSR count). The van der Waals surface area contributed by atoms with Crippen LogP contribution in [0.5, 0.6) is 5.75 Å². The fraction of sp³-hybridized carbons (Fsp3) is 0.625. The summed E-state index contributed by atoms with van der Waals surface area (Å²) in [7, 11) is -4.24. The highest BCUT2D eigenvalue weighted by Gasteiger charge is 2.31. The summed E-state index contributed by atoms with van der Waals surface area (Å²) >= 11 is 6.72. The maximum atomic E-state index is 10.8. The van der Waals surface area contributed by atoms with Gasteiger partial charge in [0, 0.05) is 12.9 Å². The Morgan fingerprint density at radius 3 is 2.58 bits per heavy atom. The molecule has 0 amide bonds. The maximum absolute atomic E-state index is 10.8. The molecule has 0 N–H and O–H groups in total. The fourth-order valence-corrected chi connectivity index (χ4v) is 5.39. The molecule has 148 valence electrons. The first-order valence-corrected chi connectivity index (χ1v) is 13.0. The van der Waals surface area contributed by atoms with Gasteiger partial charge in [-0.05, 0) is 100 Å². The lowest BCUT2D eigenvalue weighted by Gasteiger charge is -2.35. The largest absolute Gasteiger partial charge is 0.748 e. The number of hydrogen-bond acceptors (Lipinski definition) is 6. The minimum absolute atomic E-state index is 0.0757. The second-order valence-corrected chi connectivity index (χ2v) is 10.9. The van der Waals surface area contributed by atoms with Crippen LogP contribution in [0.4, 0.5) is 0 Å². The molecule has 1 aliphatic heterocycles. The van der Waals surface area contributed by atoms with Gasteiger partial charge in [0.2, 0.25) is 0 Å². The normalized spacial score (nSPS) is 23.8. The predicted octanol–water partition coefficient (Wildman–Crippen LogP) is 4.42. The van der Waals surface area contributed by atoms with E-state index in [1.54, 1.807) is 0 Å². The smallest absolute Gasteiger partial charge is 0.188 e. The van der Waals surface area contributed by atoms with Gasteiger partial charge in [-0.25, -0.2) is 8.42 Å². The molecule has 0 bridgehead atoms. The minimum atomic E-state index is -4.24. The molecule has 3 unspecified atom stereocenters. The highest BCUT2D eigenvalue weighted by Crippen LogP contribution is 2.41. The van der Waals surface area contributed by atoms with Crippen LogP contribution in [-0.4, -0.2) is 37.5 Å². The van der Waals surface area contributed by atoms with E-state index in [1.165, 1.54) is 0 Å². The first-order chi connectivity index (χ1) is 12.1. The van der Waals surface area contributed by atoms with Gasteiger partial charge in [0.25, 0.3) is 0 Å². The van der Waals surface area contributed by atoms with Crippen LogP contribution < -0.4 is 4.74 Å². The van der Waals surface area contributed by atoms with Crippen molar-refractivity contribution < 1.29 is 27.2 Å². The second kappa shape index (κ2) is 10.2. The number of halogens is 3. The zero-order valence-corrected chi connectivity index (χ0v) is 21.6. The van der Waals surface area contributed by atoms with E-state index in [0.717, 1.165) is 29.1 Å². The Bertz CT molecular complexity index is 740. The van der Waals surface area contributed by atoms with E-state index in [4.69, 9.17) is 14.2 Å². The Morgan fingerprint density at radius 2 is 1.96 bits per heavy atom. The second-order valence-electron chi connectivity index (χ2n) is 6.05. The lowest BCUT2D eigenvalue weighted by Crippen LogP contribution is -2.32. The van der Waals surface area contributed by atoms with Crippen molar-refractivity contribution in [2.24, 2.45) is 0 Å². The summed E-state index contributed by atoms with van der Waals surface area (Å²) in [6.45, 7) is 4.25. The van der Waals surface area contributed by atoms with Crippen LogP contribution in [0.25, 0.3) is 0 Å². The van der Waals surface area contributed by atoms with Crippen molar-refractivity contribution >= 4 is 77.9 Å². The van der Waals surface area contributed by atoms with Crippen molar-refractivity contribution in [3.8, 4) is 5.75 Å². The molecule has 0 spiro atoms. The van der Waals surface area contributed by atoms with Gasteiger partial charge in [-0.1, -0.05) is 6.92 Å². The molecule has 3 atom stereocenters. The van der Waals surface area contributed by atoms with Crippen LogP contribution in [0.15, 0.2) is 6.07 Å². The summed E-state index contributed by atoms with van der Waals surface area (Å²) in [4.78, 5) is 0. The molecule has 0 saturated carbocycles. The van der Waals surface area contributed by atoms with Gasteiger partial charge in [-0.3, -0.25) is 0 Å². The number of benzene rings is 1. The molecule has 0 radical (unpaired) electrons. The van der Waals surface area contributed by atoms with E-state index in [9.17, 15) is 13.0 Å². The van der Waals surface area contributed by atoms with Gasteiger partial charge in [-0.2, -0.15) is 0 Å². The van der Waals surface area contributed by atoms with Gasteiger partial charge in [0.15, 0.2) is 6.29 Å². The van der Waals surface area contributed by atoms with E-state index in [-0.39, 0.29) is 25.2 Å². The number of rotatable bonds is 7. The molecule has 0 aromatic heterocycles. The number of ether oxygens (including phenoxy) is 3. The SMILES string of the molecule is CCC1CC(C)OC(c2cc(I)c(I)c(I)c2OCCCS(=O)(=O)[O-])O1. The van der Waals surface area contributed by atoms with Crippen LogP contribution >= 0.6 is 67.8 Å². The van der Waals surface area contributed by atoms with Crippen molar-refractivity contribution in [3.05, 3.63) is 22.3 Å². The average molecular weight is 721 g/mol. The van der Waals surface area contributed by atoms with Gasteiger partial charge in [0.1, 0.15) is 5.75 Å². The molecule has 10 heteroatoms. The Hall–Kier alpha value is 1.04. The standard InChI is InChI=1S/C16H21I3O6S/c1-3-10-7-9(2)24-16(25-10)11-8-12(17)13(18)14(19)15(11)23-5-4-6-26(20,21)22/h8-10,16H,3-7H2,1-2H3,(H,20,21,22)/p-1. The van der Waals surface area contributed by atoms with Gasteiger partial charge in [-0.15, -0.1) is 0 Å². The lowest BCUT2D eigenvalue weighted by molar-refractivity contribution is -0.244. The average Bonchev–Trinajstić information content (AvgIpc) is 2.56. The van der Waals surface area contributed by atoms with E-state index in [1.807, 2.05) is 13.0 Å². The molecular formula is C16H20I3O6S-. The summed E-state index contributed by atoms with van der Waals surface area (Å²) < 4.78 is 53.3. The molecule has 1 heterocycles. The van der Waals surface area contributed by atoms with Gasteiger partial charge in [0.05, 0.1) is 38.1 Å². The van der Waals surface area contributed by atoms with Crippen LogP contribution in [0, 0.1) is 10.7 Å². The van der Waals surface area contributed by atoms with Crippen molar-refractivity contribution in [1.29, 1.82) is 0 Å². The predicted molar refractivity (Wildman–Crippen MR) is 122 cm³/mol. The zero-order chi connectivity index (χ0) is 19.5. The highest BCUT2D eigenvalue weighted by atomic mass is 127. The molecule has 1 fully saturated rings. The summed E-state index contributed by atoms with van der Waals surface area (Å²) in [6.07, 6.45) is 1.57. The molecule has 1 aliphatic rings. The third-order valence-electron chi connectivity index (χ3n) is 3.91. The van der Waals surface area contributed by atoms with Crippen LogP contribution in [-0.2, 0) is 19.6 Å². The fourth-order valence-electron chi connectivity index (χ4n) is 2.64. The first-order valence-electron chi connectivity index (χ1n) is 8.17. The van der Waals surface area contributed by atoms with Crippen molar-refractivity contribution in [3.63, 3.8) is 0 Å². The maximum Gasteiger partial charge on any atom is 0.188 e. The summed E-state index contributed by atoms with van der Waals surface area (Å²) in [6, 6.07) is 1.99. The molecule has 1 aromatic carbocycles. The van der Waals surface area contributed by atoms with Crippen LogP contribution in [0.2, 0.25) is 0 Å². The zero-order valence-electron chi connectivity index (χ0n) is 14.3. The molecule has 1 saturated heterocycles. The van der Waals surface area contributed by atoms with Gasteiger partial charge >= 0.3 is 0 Å². The third kappa shape index (κ3) is 6.54. The minimum Gasteiger partial charge on any atom is -0.748 e. The summed E-state index contributed by atoms with van der Waals surface area (Å²) in [5.74, 6) is 0.193. The van der Waals surface area contributed by atoms with E-state index in [2.05, 4.69) is 74.7 Å². The summed E-state index contributed by atoms with van der Waals surface area (Å²) in [5, 5.41) is 0.